The van der Waals surface area contributed by atoms with Crippen LogP contribution in [0, 0.1) is 0 Å². The largest absolute Gasteiger partial charge is 0.502 e. The quantitative estimate of drug-likeness (QED) is 0.346. The third-order valence-corrected chi connectivity index (χ3v) is 0.577. The van der Waals surface area contributed by atoms with E-state index in [9.17, 15) is 0 Å². The van der Waals surface area contributed by atoms with Gasteiger partial charge in [0.15, 0.2) is 5.05 Å². The molecule has 0 rings (SSSR count). The van der Waals surface area contributed by atoms with Gasteiger partial charge in [-0.2, -0.15) is 0 Å². The zero-order valence-electron chi connectivity index (χ0n) is 6.58. The summed E-state index contributed by atoms with van der Waals surface area (Å²) in [5, 5.41) is 26.9. The van der Waals surface area contributed by atoms with Gasteiger partial charge in [-0.25, -0.2) is 0 Å². The molecular weight excluding hydrogens is 166 g/mol. The molecule has 0 unspecified atom stereocenters. The van der Waals surface area contributed by atoms with Crippen molar-refractivity contribution in [3.05, 3.63) is 0 Å². The molecule has 5 heteroatoms. The van der Waals surface area contributed by atoms with Crippen LogP contribution in [-0.2, 0) is 0 Å². The molecule has 0 aliphatic heterocycles. The van der Waals surface area contributed by atoms with Crippen molar-refractivity contribution in [3.63, 3.8) is 0 Å². The minimum absolute atomic E-state index is 0.000000000000000222. The predicted octanol–water partition coefficient (Wildman–Crippen LogP) is -0.548. The first-order valence-electron chi connectivity index (χ1n) is 3.27. The number of rotatable bonds is 4. The highest BCUT2D eigenvalue weighted by Gasteiger charge is 1.78. The summed E-state index contributed by atoms with van der Waals surface area (Å²) in [6.45, 7) is 2.87. The molecule has 0 amide bonds. The number of nitrogens with one attached hydrogen (secondary N) is 1. The van der Waals surface area contributed by atoms with Crippen molar-refractivity contribution in [2.24, 2.45) is 0 Å². The molecule has 0 heterocycles. The van der Waals surface area contributed by atoms with Gasteiger partial charge in [-0.05, 0) is 12.2 Å². The Bertz CT molecular complexity index is 81.9. The molecule has 0 aliphatic rings. The average molecular weight is 181 g/mol. The molecule has 0 radical (unpaired) electrons. The Morgan fingerprint density at radius 2 is 1.55 bits per heavy atom. The molecule has 0 atom stereocenters. The van der Waals surface area contributed by atoms with Crippen molar-refractivity contribution in [1.82, 2.24) is 5.32 Å². The van der Waals surface area contributed by atoms with Gasteiger partial charge in [0, 0.05) is 20.0 Å². The van der Waals surface area contributed by atoms with Crippen LogP contribution in [0.25, 0.3) is 0 Å². The predicted molar refractivity (Wildman–Crippen MR) is 47.9 cm³/mol. The van der Waals surface area contributed by atoms with Crippen molar-refractivity contribution >= 4 is 17.3 Å². The van der Waals surface area contributed by atoms with Gasteiger partial charge >= 0.3 is 0 Å². The number of aliphatic hydroxyl groups excluding tert-OH is 3. The van der Waals surface area contributed by atoms with Crippen LogP contribution in [0.4, 0.5) is 0 Å². The molecule has 0 spiro atoms. The van der Waals surface area contributed by atoms with Crippen LogP contribution >= 0.6 is 12.2 Å². The summed E-state index contributed by atoms with van der Waals surface area (Å²) < 4.78 is 0. The monoisotopic (exact) mass is 181 g/mol. The molecular formula is C6H15NO3S. The van der Waals surface area contributed by atoms with Gasteiger partial charge in [0.25, 0.3) is 0 Å². The molecule has 0 aromatic heterocycles. The molecule has 0 bridgehead atoms. The first-order chi connectivity index (χ1) is 5.15. The van der Waals surface area contributed by atoms with Crippen molar-refractivity contribution in [2.75, 3.05) is 26.3 Å². The van der Waals surface area contributed by atoms with E-state index in [1.165, 1.54) is 6.92 Å². The average Bonchev–Trinajstić information content (AvgIpc) is 1.88. The van der Waals surface area contributed by atoms with Crippen LogP contribution in [0.2, 0.25) is 0 Å². The summed E-state index contributed by atoms with van der Waals surface area (Å²) in [6.07, 6.45) is 0. The van der Waals surface area contributed by atoms with Gasteiger partial charge in [0.1, 0.15) is 0 Å². The number of hydrogen-bond acceptors (Lipinski definition) is 4. The first kappa shape index (κ1) is 13.4. The zero-order chi connectivity index (χ0) is 9.11. The maximum absolute atomic E-state index is 8.15. The summed E-state index contributed by atoms with van der Waals surface area (Å²) in [6, 6.07) is 0. The van der Waals surface area contributed by atoms with Gasteiger partial charge in [0.05, 0.1) is 13.2 Å². The molecule has 68 valence electrons. The normalized spacial score (nSPS) is 8.27. The molecule has 0 aromatic rings. The Hall–Kier alpha value is -0.230. The van der Waals surface area contributed by atoms with Crippen LogP contribution in [0.5, 0.6) is 0 Å². The van der Waals surface area contributed by atoms with E-state index in [4.69, 9.17) is 15.3 Å². The van der Waals surface area contributed by atoms with E-state index in [0.717, 1.165) is 0 Å². The van der Waals surface area contributed by atoms with E-state index in [1.54, 1.807) is 0 Å². The molecule has 0 aromatic carbocycles. The minimum atomic E-state index is 0.000000000000000222. The van der Waals surface area contributed by atoms with Crippen LogP contribution in [0.1, 0.15) is 6.92 Å². The van der Waals surface area contributed by atoms with Gasteiger partial charge in [-0.15, -0.1) is 0 Å². The van der Waals surface area contributed by atoms with Gasteiger partial charge in [0.2, 0.25) is 0 Å². The molecule has 0 fully saturated rings. The highest BCUT2D eigenvalue weighted by Crippen LogP contribution is 1.55. The Morgan fingerprint density at radius 1 is 1.27 bits per heavy atom. The molecule has 4 nitrogen and oxygen atoms in total. The smallest absolute Gasteiger partial charge is 0.153 e. The molecule has 4 N–H and O–H groups in total. The van der Waals surface area contributed by atoms with Gasteiger partial charge in [-0.3, -0.25) is 0 Å². The fourth-order valence-corrected chi connectivity index (χ4v) is 0.283. The number of aliphatic hydroxyl groups is 3. The Labute approximate surface area is 71.9 Å². The fourth-order valence-electron chi connectivity index (χ4n) is 0.283. The topological polar surface area (TPSA) is 72.7 Å². The molecule has 0 aliphatic carbocycles. The summed E-state index contributed by atoms with van der Waals surface area (Å²) in [5.74, 6) is 0. The third kappa shape index (κ3) is 41.5. The van der Waals surface area contributed by atoms with Crippen molar-refractivity contribution < 1.29 is 15.3 Å². The van der Waals surface area contributed by atoms with E-state index in [1.807, 2.05) is 0 Å². The number of thiocarbonyl (C=S) groups is 1. The van der Waals surface area contributed by atoms with Crippen LogP contribution in [-0.4, -0.2) is 46.7 Å². The lowest BCUT2D eigenvalue weighted by atomic mass is 10.6. The van der Waals surface area contributed by atoms with E-state index in [0.29, 0.717) is 13.1 Å². The Kier molecular flexibility index (Phi) is 15.1. The Morgan fingerprint density at radius 3 is 1.73 bits per heavy atom. The van der Waals surface area contributed by atoms with Crippen molar-refractivity contribution in [2.45, 2.75) is 6.92 Å². The highest BCUT2D eigenvalue weighted by molar-refractivity contribution is 7.79. The second-order valence-electron chi connectivity index (χ2n) is 1.72. The maximum Gasteiger partial charge on any atom is 0.153 e. The number of hydrogen-bond donors (Lipinski definition) is 4. The Balaban J connectivity index is 0. The summed E-state index contributed by atoms with van der Waals surface area (Å²) in [5.41, 5.74) is 0. The van der Waals surface area contributed by atoms with Crippen molar-refractivity contribution in [1.29, 1.82) is 0 Å². The summed E-state index contributed by atoms with van der Waals surface area (Å²) in [4.78, 5) is 0. The lowest BCUT2D eigenvalue weighted by molar-refractivity contribution is 0.267. The van der Waals surface area contributed by atoms with Gasteiger partial charge < -0.3 is 20.6 Å². The summed E-state index contributed by atoms with van der Waals surface area (Å²) >= 11 is 4.09. The van der Waals surface area contributed by atoms with Gasteiger partial charge in [-0.1, -0.05) is 0 Å². The van der Waals surface area contributed by atoms with E-state index < -0.39 is 0 Å². The molecule has 0 saturated heterocycles. The second kappa shape index (κ2) is 12.4. The minimum Gasteiger partial charge on any atom is -0.502 e. The fraction of sp³-hybridized carbons (Fsp3) is 0.833. The summed E-state index contributed by atoms with van der Waals surface area (Å²) in [7, 11) is 0. The first-order valence-corrected chi connectivity index (χ1v) is 3.68. The lowest BCUT2D eigenvalue weighted by Gasteiger charge is -1.94. The third-order valence-electron chi connectivity index (χ3n) is 0.577. The zero-order valence-corrected chi connectivity index (χ0v) is 7.39. The molecule has 11 heavy (non-hydrogen) atoms. The van der Waals surface area contributed by atoms with Crippen LogP contribution in [0.3, 0.4) is 0 Å². The van der Waals surface area contributed by atoms with Crippen LogP contribution < -0.4 is 5.32 Å². The maximum atomic E-state index is 8.15. The van der Waals surface area contributed by atoms with Crippen molar-refractivity contribution in [3.8, 4) is 0 Å². The second-order valence-corrected chi connectivity index (χ2v) is 2.31. The standard InChI is InChI=1S/C4H11NO2.C2H4OS/c6-3-1-5-2-4-7;1-2(3)4/h5-7H,1-4H2;1H3,(H,3,4). The lowest BCUT2D eigenvalue weighted by Crippen LogP contribution is -2.21. The SMILES string of the molecule is CC(O)=S.OCCNCCO. The van der Waals surface area contributed by atoms with E-state index in [2.05, 4.69) is 17.5 Å². The van der Waals surface area contributed by atoms with E-state index >= 15 is 0 Å². The van der Waals surface area contributed by atoms with Crippen LogP contribution in [0.15, 0.2) is 0 Å². The molecule has 0 saturated carbocycles. The highest BCUT2D eigenvalue weighted by atomic mass is 32.1. The van der Waals surface area contributed by atoms with E-state index in [-0.39, 0.29) is 18.3 Å².